The summed E-state index contributed by atoms with van der Waals surface area (Å²) in [6.07, 6.45) is 61.8. The number of carbonyl (C=O) groups excluding carboxylic acids is 2. The number of allylic oxidation sites excluding steroid dienone is 3. The number of rotatable bonds is 51. The van der Waals surface area contributed by atoms with Gasteiger partial charge in [-0.3, -0.25) is 9.59 Å². The molecule has 2 atom stereocenters. The number of hydrogen-bond acceptors (Lipinski definition) is 5. The van der Waals surface area contributed by atoms with Gasteiger partial charge in [0.25, 0.3) is 0 Å². The van der Waals surface area contributed by atoms with Crippen LogP contribution in [0.2, 0.25) is 0 Å². The zero-order valence-electron chi connectivity index (χ0n) is 41.6. The number of aliphatic hydroxyl groups excluding tert-OH is 2. The van der Waals surface area contributed by atoms with Crippen LogP contribution in [0, 0.1) is 0 Å². The van der Waals surface area contributed by atoms with E-state index in [1.807, 2.05) is 6.08 Å². The number of unbranched alkanes of at least 4 members (excludes halogenated alkanes) is 38. The van der Waals surface area contributed by atoms with Crippen molar-refractivity contribution >= 4 is 11.9 Å². The predicted molar refractivity (Wildman–Crippen MR) is 269 cm³/mol. The molecule has 0 bridgehead atoms. The van der Waals surface area contributed by atoms with E-state index >= 15 is 0 Å². The second-order valence-corrected chi connectivity index (χ2v) is 18.9. The standard InChI is InChI=1S/C56H107NO5/c1-3-5-7-9-11-13-15-17-19-20-22-24-28-32-36-40-44-48-54(59)53(52-58)57-55(60)49-45-41-37-33-29-25-23-27-31-35-39-43-47-51-62-56(61)50-46-42-38-34-30-26-21-18-16-14-12-10-8-6-4-2/h18,21,44,48,53-54,58-59H,3-17,19-20,22-43,45-47,49-52H2,1-2H3,(H,57,60)/b21-18-,48-44+. The minimum absolute atomic E-state index is 0.0146. The Kier molecular flexibility index (Phi) is 50.6. The second kappa shape index (κ2) is 52.0. The van der Waals surface area contributed by atoms with Crippen molar-refractivity contribution in [2.24, 2.45) is 0 Å². The Morgan fingerprint density at radius 3 is 1.15 bits per heavy atom. The van der Waals surface area contributed by atoms with Gasteiger partial charge in [-0.25, -0.2) is 0 Å². The number of amides is 1. The summed E-state index contributed by atoms with van der Waals surface area (Å²) in [7, 11) is 0. The zero-order valence-corrected chi connectivity index (χ0v) is 41.6. The Bertz CT molecular complexity index is 966. The van der Waals surface area contributed by atoms with E-state index in [2.05, 4.69) is 31.3 Å². The van der Waals surface area contributed by atoms with Gasteiger partial charge in [-0.15, -0.1) is 0 Å². The highest BCUT2D eigenvalue weighted by Gasteiger charge is 2.18. The van der Waals surface area contributed by atoms with E-state index in [1.54, 1.807) is 6.08 Å². The lowest BCUT2D eigenvalue weighted by Gasteiger charge is -2.20. The van der Waals surface area contributed by atoms with E-state index in [-0.39, 0.29) is 18.5 Å². The van der Waals surface area contributed by atoms with Gasteiger partial charge in [0.05, 0.1) is 25.4 Å². The van der Waals surface area contributed by atoms with Crippen molar-refractivity contribution in [2.45, 2.75) is 309 Å². The van der Waals surface area contributed by atoms with E-state index in [4.69, 9.17) is 4.74 Å². The van der Waals surface area contributed by atoms with Crippen LogP contribution in [-0.4, -0.2) is 47.4 Å². The van der Waals surface area contributed by atoms with Gasteiger partial charge in [-0.2, -0.15) is 0 Å². The first-order valence-electron chi connectivity index (χ1n) is 27.6. The SMILES string of the molecule is CCCCCCCC/C=C\CCCCCCCC(=O)OCCCCCCCCCCCCCCCC(=O)NC(CO)C(O)/C=C/CCCCCCCCCCCCCCCCC. The molecule has 2 unspecified atom stereocenters. The maximum atomic E-state index is 12.5. The van der Waals surface area contributed by atoms with Gasteiger partial charge >= 0.3 is 5.97 Å². The summed E-state index contributed by atoms with van der Waals surface area (Å²) >= 11 is 0. The summed E-state index contributed by atoms with van der Waals surface area (Å²) in [4.78, 5) is 24.5. The fraction of sp³-hybridized carbons (Fsp3) is 0.893. The molecular formula is C56H107NO5. The van der Waals surface area contributed by atoms with Crippen molar-refractivity contribution in [3.8, 4) is 0 Å². The first kappa shape index (κ1) is 60.3. The number of ether oxygens (including phenoxy) is 1. The summed E-state index contributed by atoms with van der Waals surface area (Å²) in [6, 6.07) is -0.638. The van der Waals surface area contributed by atoms with Crippen LogP contribution in [0.15, 0.2) is 24.3 Å². The molecule has 0 aromatic rings. The van der Waals surface area contributed by atoms with Gasteiger partial charge in [-0.05, 0) is 57.8 Å². The second-order valence-electron chi connectivity index (χ2n) is 18.9. The lowest BCUT2D eigenvalue weighted by atomic mass is 10.0. The number of nitrogens with one attached hydrogen (secondary N) is 1. The maximum Gasteiger partial charge on any atom is 0.305 e. The fourth-order valence-electron chi connectivity index (χ4n) is 8.45. The molecule has 0 saturated carbocycles. The highest BCUT2D eigenvalue weighted by Crippen LogP contribution is 2.16. The smallest absolute Gasteiger partial charge is 0.305 e. The van der Waals surface area contributed by atoms with Crippen molar-refractivity contribution in [2.75, 3.05) is 13.2 Å². The Morgan fingerprint density at radius 1 is 0.435 bits per heavy atom. The molecule has 0 aliphatic heterocycles. The van der Waals surface area contributed by atoms with Gasteiger partial charge in [0.1, 0.15) is 0 Å². The van der Waals surface area contributed by atoms with Crippen LogP contribution >= 0.6 is 0 Å². The largest absolute Gasteiger partial charge is 0.466 e. The van der Waals surface area contributed by atoms with Crippen LogP contribution in [0.25, 0.3) is 0 Å². The minimum Gasteiger partial charge on any atom is -0.466 e. The quantitative estimate of drug-likeness (QED) is 0.0321. The van der Waals surface area contributed by atoms with Gasteiger partial charge in [-0.1, -0.05) is 250 Å². The molecular weight excluding hydrogens is 767 g/mol. The highest BCUT2D eigenvalue weighted by atomic mass is 16.5. The van der Waals surface area contributed by atoms with Crippen molar-refractivity contribution in [3.63, 3.8) is 0 Å². The number of hydrogen-bond donors (Lipinski definition) is 3. The van der Waals surface area contributed by atoms with E-state index in [9.17, 15) is 19.8 Å². The molecule has 0 radical (unpaired) electrons. The van der Waals surface area contributed by atoms with Crippen molar-refractivity contribution in [1.82, 2.24) is 5.32 Å². The molecule has 0 fully saturated rings. The molecule has 0 spiro atoms. The molecule has 62 heavy (non-hydrogen) atoms. The molecule has 0 saturated heterocycles. The van der Waals surface area contributed by atoms with E-state index < -0.39 is 12.1 Å². The van der Waals surface area contributed by atoms with Gasteiger partial charge in [0.2, 0.25) is 5.91 Å². The Balaban J connectivity index is 3.49. The topological polar surface area (TPSA) is 95.9 Å². The summed E-state index contributed by atoms with van der Waals surface area (Å²) < 4.78 is 5.46. The van der Waals surface area contributed by atoms with E-state index in [1.165, 1.54) is 212 Å². The average molecular weight is 874 g/mol. The van der Waals surface area contributed by atoms with Gasteiger partial charge in [0.15, 0.2) is 0 Å². The molecule has 6 heteroatoms. The third-order valence-corrected chi connectivity index (χ3v) is 12.7. The van der Waals surface area contributed by atoms with Crippen molar-refractivity contribution in [3.05, 3.63) is 24.3 Å². The first-order valence-corrected chi connectivity index (χ1v) is 27.6. The third-order valence-electron chi connectivity index (χ3n) is 12.7. The molecule has 0 aliphatic rings. The zero-order chi connectivity index (χ0) is 45.1. The van der Waals surface area contributed by atoms with E-state index in [0.29, 0.717) is 19.4 Å². The van der Waals surface area contributed by atoms with Crippen LogP contribution in [0.1, 0.15) is 296 Å². The fourth-order valence-corrected chi connectivity index (χ4v) is 8.45. The predicted octanol–water partition coefficient (Wildman–Crippen LogP) is 16.7. The number of carbonyl (C=O) groups is 2. The van der Waals surface area contributed by atoms with Crippen LogP contribution < -0.4 is 5.32 Å². The average Bonchev–Trinajstić information content (AvgIpc) is 3.27. The van der Waals surface area contributed by atoms with Crippen molar-refractivity contribution < 1.29 is 24.5 Å². The first-order chi connectivity index (χ1) is 30.5. The molecule has 6 nitrogen and oxygen atoms in total. The Hall–Kier alpha value is -1.66. The number of esters is 1. The monoisotopic (exact) mass is 874 g/mol. The molecule has 0 aromatic carbocycles. The van der Waals surface area contributed by atoms with Crippen LogP contribution in [-0.2, 0) is 14.3 Å². The third kappa shape index (κ3) is 47.8. The number of aliphatic hydroxyl groups is 2. The lowest BCUT2D eigenvalue weighted by molar-refractivity contribution is -0.143. The van der Waals surface area contributed by atoms with Crippen molar-refractivity contribution in [1.29, 1.82) is 0 Å². The summed E-state index contributed by atoms with van der Waals surface area (Å²) in [5.41, 5.74) is 0. The maximum absolute atomic E-state index is 12.5. The van der Waals surface area contributed by atoms with Crippen LogP contribution in [0.3, 0.4) is 0 Å². The lowest BCUT2D eigenvalue weighted by Crippen LogP contribution is -2.45. The normalized spacial score (nSPS) is 12.8. The summed E-state index contributed by atoms with van der Waals surface area (Å²) in [5.74, 6) is -0.0943. The summed E-state index contributed by atoms with van der Waals surface area (Å²) in [5, 5.41) is 23.1. The Labute approximate surface area is 386 Å². The molecule has 366 valence electrons. The van der Waals surface area contributed by atoms with Crippen LogP contribution in [0.4, 0.5) is 0 Å². The molecule has 1 amide bonds. The molecule has 0 heterocycles. The molecule has 0 rings (SSSR count). The summed E-state index contributed by atoms with van der Waals surface area (Å²) in [6.45, 7) is 4.88. The van der Waals surface area contributed by atoms with E-state index in [0.717, 1.165) is 57.8 Å². The minimum atomic E-state index is -0.853. The van der Waals surface area contributed by atoms with Gasteiger partial charge < -0.3 is 20.3 Å². The van der Waals surface area contributed by atoms with Crippen LogP contribution in [0.5, 0.6) is 0 Å². The molecule has 0 aliphatic carbocycles. The Morgan fingerprint density at radius 2 is 0.758 bits per heavy atom. The van der Waals surface area contributed by atoms with Gasteiger partial charge in [0, 0.05) is 12.8 Å². The molecule has 0 aromatic heterocycles. The highest BCUT2D eigenvalue weighted by molar-refractivity contribution is 5.76. The molecule has 3 N–H and O–H groups in total.